The third-order valence-electron chi connectivity index (χ3n) is 7.09. The Morgan fingerprint density at radius 3 is 2.21 bits per heavy atom. The molecule has 0 saturated carbocycles. The summed E-state index contributed by atoms with van der Waals surface area (Å²) in [5, 5.41) is 13.8. The third kappa shape index (κ3) is 5.94. The number of amides is 1. The summed E-state index contributed by atoms with van der Waals surface area (Å²) in [5.41, 5.74) is 11.5. The van der Waals surface area contributed by atoms with Crippen molar-refractivity contribution < 1.29 is 24.2 Å². The molecule has 5 aromatic rings. The van der Waals surface area contributed by atoms with Crippen LogP contribution in [0.3, 0.4) is 0 Å². The number of carbonyl (C=O) groups excluding carboxylic acids is 1. The van der Waals surface area contributed by atoms with Crippen LogP contribution in [0.25, 0.3) is 33.2 Å². The second-order valence-corrected chi connectivity index (χ2v) is 11.0. The summed E-state index contributed by atoms with van der Waals surface area (Å²) >= 11 is 0. The quantitative estimate of drug-likeness (QED) is 0.195. The molecule has 0 saturated heterocycles. The standard InChI is InChI=1S/C33H31N5O5/c1-33(2,3)22-9-6-18(7-10-22)20-12-21(31(40)41)14-23(13-20)37-28-24-11-8-19(15-27(24)35-17-26(28)29(34)39)25-16-36-32(43-5)38-30(25)42-4/h6-17H,1-5H3,(H2,34,39)(H,35,37)(H,40,41). The maximum absolute atomic E-state index is 12.5. The predicted octanol–water partition coefficient (Wildman–Crippen LogP) is 6.21. The highest BCUT2D eigenvalue weighted by atomic mass is 16.5. The number of carboxylic acids is 1. The number of aromatic nitrogens is 3. The van der Waals surface area contributed by atoms with Gasteiger partial charge in [0.2, 0.25) is 5.88 Å². The zero-order valence-corrected chi connectivity index (χ0v) is 24.4. The first-order valence-corrected chi connectivity index (χ1v) is 13.4. The molecule has 218 valence electrons. The number of fused-ring (bicyclic) bond motifs is 1. The zero-order chi connectivity index (χ0) is 30.9. The Balaban J connectivity index is 1.61. The lowest BCUT2D eigenvalue weighted by Gasteiger charge is -2.19. The number of nitrogens with zero attached hydrogens (tertiary/aromatic N) is 3. The molecule has 3 aromatic carbocycles. The van der Waals surface area contributed by atoms with E-state index in [1.807, 2.05) is 42.5 Å². The smallest absolute Gasteiger partial charge is 0.335 e. The van der Waals surface area contributed by atoms with Gasteiger partial charge in [-0.15, -0.1) is 0 Å². The van der Waals surface area contributed by atoms with Crippen molar-refractivity contribution in [2.45, 2.75) is 26.2 Å². The average molecular weight is 578 g/mol. The van der Waals surface area contributed by atoms with E-state index in [1.165, 1.54) is 26.5 Å². The summed E-state index contributed by atoms with van der Waals surface area (Å²) in [6, 6.07) is 18.6. The van der Waals surface area contributed by atoms with E-state index in [0.717, 1.165) is 16.7 Å². The predicted molar refractivity (Wildman–Crippen MR) is 165 cm³/mol. The second-order valence-electron chi connectivity index (χ2n) is 11.0. The minimum atomic E-state index is -1.08. The Bertz CT molecular complexity index is 1860. The molecule has 43 heavy (non-hydrogen) atoms. The number of carbonyl (C=O) groups is 2. The van der Waals surface area contributed by atoms with E-state index in [9.17, 15) is 14.7 Å². The Morgan fingerprint density at radius 1 is 0.860 bits per heavy atom. The first kappa shape index (κ1) is 29.0. The minimum absolute atomic E-state index is 0.0207. The number of anilines is 2. The van der Waals surface area contributed by atoms with Crippen LogP contribution in [0, 0.1) is 0 Å². The van der Waals surface area contributed by atoms with Gasteiger partial charge in [0, 0.05) is 23.5 Å². The largest absolute Gasteiger partial charge is 0.480 e. The van der Waals surface area contributed by atoms with E-state index in [0.29, 0.717) is 39.3 Å². The van der Waals surface area contributed by atoms with Gasteiger partial charge in [-0.3, -0.25) is 9.78 Å². The van der Waals surface area contributed by atoms with Crippen LogP contribution in [0.15, 0.2) is 73.1 Å². The normalized spacial score (nSPS) is 11.3. The fourth-order valence-corrected chi connectivity index (χ4v) is 4.78. The van der Waals surface area contributed by atoms with Gasteiger partial charge in [-0.05, 0) is 51.9 Å². The number of nitrogens with one attached hydrogen (secondary N) is 1. The van der Waals surface area contributed by atoms with Crippen molar-refractivity contribution in [1.29, 1.82) is 0 Å². The SMILES string of the molecule is COc1ncc(-c2ccc3c(Nc4cc(C(=O)O)cc(-c5ccc(C(C)(C)C)cc5)c4)c(C(N)=O)cnc3c2)c(OC)n1. The van der Waals surface area contributed by atoms with E-state index >= 15 is 0 Å². The number of nitrogens with two attached hydrogens (primary N) is 1. The van der Waals surface area contributed by atoms with Crippen LogP contribution in [0.2, 0.25) is 0 Å². The van der Waals surface area contributed by atoms with Gasteiger partial charge in [0.1, 0.15) is 0 Å². The molecule has 10 heteroatoms. The first-order chi connectivity index (χ1) is 20.5. The van der Waals surface area contributed by atoms with E-state index in [2.05, 4.69) is 41.0 Å². The van der Waals surface area contributed by atoms with E-state index in [-0.39, 0.29) is 22.6 Å². The molecule has 0 spiro atoms. The summed E-state index contributed by atoms with van der Waals surface area (Å²) < 4.78 is 10.5. The van der Waals surface area contributed by atoms with E-state index in [1.54, 1.807) is 18.3 Å². The molecule has 0 aliphatic heterocycles. The van der Waals surface area contributed by atoms with Crippen molar-refractivity contribution in [2.75, 3.05) is 19.5 Å². The molecule has 0 bridgehead atoms. The first-order valence-electron chi connectivity index (χ1n) is 13.4. The maximum Gasteiger partial charge on any atom is 0.335 e. The molecule has 0 aliphatic carbocycles. The van der Waals surface area contributed by atoms with Crippen LogP contribution in [-0.2, 0) is 5.41 Å². The van der Waals surface area contributed by atoms with Gasteiger partial charge in [-0.25, -0.2) is 9.78 Å². The minimum Gasteiger partial charge on any atom is -0.480 e. The molecule has 0 radical (unpaired) electrons. The van der Waals surface area contributed by atoms with Gasteiger partial charge in [-0.1, -0.05) is 57.2 Å². The van der Waals surface area contributed by atoms with Crippen LogP contribution in [0.1, 0.15) is 47.1 Å². The van der Waals surface area contributed by atoms with Gasteiger partial charge < -0.3 is 25.6 Å². The lowest BCUT2D eigenvalue weighted by atomic mass is 9.86. The second kappa shape index (κ2) is 11.4. The number of aromatic carboxylic acids is 1. The topological polar surface area (TPSA) is 150 Å². The average Bonchev–Trinajstić information content (AvgIpc) is 2.99. The Hall–Kier alpha value is -5.51. The van der Waals surface area contributed by atoms with Crippen LogP contribution in [0.5, 0.6) is 11.9 Å². The molecule has 5 rings (SSSR count). The van der Waals surface area contributed by atoms with Gasteiger partial charge in [0.05, 0.1) is 42.1 Å². The highest BCUT2D eigenvalue weighted by Crippen LogP contribution is 2.36. The number of primary amides is 1. The number of rotatable bonds is 8. The van der Waals surface area contributed by atoms with Gasteiger partial charge in [-0.2, -0.15) is 4.98 Å². The number of methoxy groups -OCH3 is 2. The maximum atomic E-state index is 12.5. The molecule has 10 nitrogen and oxygen atoms in total. The molecular weight excluding hydrogens is 546 g/mol. The van der Waals surface area contributed by atoms with Crippen molar-refractivity contribution in [3.05, 3.63) is 89.7 Å². The molecule has 0 fully saturated rings. The van der Waals surface area contributed by atoms with Gasteiger partial charge >= 0.3 is 12.0 Å². The van der Waals surface area contributed by atoms with Crippen LogP contribution < -0.4 is 20.5 Å². The van der Waals surface area contributed by atoms with Crippen LogP contribution in [-0.4, -0.2) is 46.2 Å². The Morgan fingerprint density at radius 2 is 1.58 bits per heavy atom. The molecular formula is C33H31N5O5. The Kier molecular flexibility index (Phi) is 7.69. The number of ether oxygens (including phenoxy) is 2. The molecule has 4 N–H and O–H groups in total. The number of pyridine rings is 1. The Labute approximate surface area is 248 Å². The molecule has 0 atom stereocenters. The van der Waals surface area contributed by atoms with Crippen LogP contribution in [0.4, 0.5) is 11.4 Å². The van der Waals surface area contributed by atoms with Gasteiger partial charge in [0.25, 0.3) is 5.91 Å². The summed E-state index contributed by atoms with van der Waals surface area (Å²) in [5.74, 6) is -1.43. The van der Waals surface area contributed by atoms with Crippen molar-refractivity contribution >= 4 is 34.2 Å². The van der Waals surface area contributed by atoms with E-state index in [4.69, 9.17) is 15.2 Å². The molecule has 0 aliphatic rings. The number of hydrogen-bond acceptors (Lipinski definition) is 8. The molecule has 0 unspecified atom stereocenters. The third-order valence-corrected chi connectivity index (χ3v) is 7.09. The lowest BCUT2D eigenvalue weighted by Crippen LogP contribution is -2.14. The number of benzene rings is 3. The number of hydrogen-bond donors (Lipinski definition) is 3. The van der Waals surface area contributed by atoms with Crippen molar-refractivity contribution in [2.24, 2.45) is 5.73 Å². The summed E-state index contributed by atoms with van der Waals surface area (Å²) in [4.78, 5) is 37.5. The highest BCUT2D eigenvalue weighted by molar-refractivity contribution is 6.08. The molecule has 2 heterocycles. The summed E-state index contributed by atoms with van der Waals surface area (Å²) in [6.07, 6.45) is 2.99. The fourth-order valence-electron chi connectivity index (χ4n) is 4.78. The molecule has 1 amide bonds. The summed E-state index contributed by atoms with van der Waals surface area (Å²) in [7, 11) is 2.97. The van der Waals surface area contributed by atoms with Crippen LogP contribution >= 0.6 is 0 Å². The number of carboxylic acid groups (broad SMARTS) is 1. The van der Waals surface area contributed by atoms with Crippen molar-refractivity contribution in [1.82, 2.24) is 15.0 Å². The monoisotopic (exact) mass is 577 g/mol. The zero-order valence-electron chi connectivity index (χ0n) is 24.4. The summed E-state index contributed by atoms with van der Waals surface area (Å²) in [6.45, 7) is 6.40. The van der Waals surface area contributed by atoms with Gasteiger partial charge in [0.15, 0.2) is 0 Å². The van der Waals surface area contributed by atoms with Crippen molar-refractivity contribution in [3.63, 3.8) is 0 Å². The van der Waals surface area contributed by atoms with E-state index < -0.39 is 11.9 Å². The fraction of sp³-hybridized carbons (Fsp3) is 0.182. The van der Waals surface area contributed by atoms with Crippen molar-refractivity contribution in [3.8, 4) is 34.1 Å². The molecule has 2 aromatic heterocycles. The lowest BCUT2D eigenvalue weighted by molar-refractivity contribution is 0.0696. The highest BCUT2D eigenvalue weighted by Gasteiger charge is 2.18.